The fraction of sp³-hybridized carbons (Fsp3) is 0.333. The van der Waals surface area contributed by atoms with Crippen LogP contribution in [-0.4, -0.2) is 21.5 Å². The van der Waals surface area contributed by atoms with E-state index in [2.05, 4.69) is 9.97 Å². The van der Waals surface area contributed by atoms with Crippen LogP contribution in [0.25, 0.3) is 0 Å². The van der Waals surface area contributed by atoms with E-state index in [1.807, 2.05) is 20.0 Å². The highest BCUT2D eigenvalue weighted by Crippen LogP contribution is 2.21. The maximum Gasteiger partial charge on any atom is 0.161 e. The Bertz CT molecular complexity index is 647. The predicted molar refractivity (Wildman–Crippen MR) is 73.9 cm³/mol. The summed E-state index contributed by atoms with van der Waals surface area (Å²) in [6.45, 7) is 6.97. The zero-order valence-electron chi connectivity index (χ0n) is 11.7. The summed E-state index contributed by atoms with van der Waals surface area (Å²) in [5.74, 6) is 0.110. The Labute approximate surface area is 112 Å². The molecule has 0 bridgehead atoms. The summed E-state index contributed by atoms with van der Waals surface area (Å²) < 4.78 is 0. The van der Waals surface area contributed by atoms with E-state index in [1.54, 1.807) is 20.0 Å². The number of hydrogen-bond donors (Lipinski definition) is 2. The van der Waals surface area contributed by atoms with E-state index >= 15 is 0 Å². The van der Waals surface area contributed by atoms with Crippen LogP contribution in [0.4, 0.5) is 0 Å². The number of carbonyl (C=O) groups excluding carboxylic acids is 2. The van der Waals surface area contributed by atoms with Gasteiger partial charge in [-0.2, -0.15) is 0 Å². The van der Waals surface area contributed by atoms with Crippen molar-refractivity contribution in [2.24, 2.45) is 0 Å². The van der Waals surface area contributed by atoms with Gasteiger partial charge in [-0.3, -0.25) is 9.59 Å². The van der Waals surface area contributed by atoms with E-state index in [4.69, 9.17) is 0 Å². The van der Waals surface area contributed by atoms with Crippen molar-refractivity contribution in [2.75, 3.05) is 0 Å². The molecule has 2 heterocycles. The maximum atomic E-state index is 11.7. The van der Waals surface area contributed by atoms with Crippen LogP contribution in [0.3, 0.4) is 0 Å². The summed E-state index contributed by atoms with van der Waals surface area (Å²) >= 11 is 0. The molecule has 2 aromatic heterocycles. The molecule has 0 saturated heterocycles. The maximum absolute atomic E-state index is 11.7. The molecule has 0 spiro atoms. The number of aromatic nitrogens is 2. The summed E-state index contributed by atoms with van der Waals surface area (Å²) in [7, 11) is 0. The molecule has 4 heteroatoms. The second-order valence-electron chi connectivity index (χ2n) is 4.92. The lowest BCUT2D eigenvalue weighted by Gasteiger charge is -2.03. The number of rotatable bonds is 4. The molecule has 2 aromatic rings. The van der Waals surface area contributed by atoms with Crippen LogP contribution < -0.4 is 0 Å². The van der Waals surface area contributed by atoms with Gasteiger partial charge < -0.3 is 9.97 Å². The summed E-state index contributed by atoms with van der Waals surface area (Å²) in [5.41, 5.74) is 5.23. The average molecular weight is 258 g/mol. The molecule has 0 saturated carbocycles. The molecule has 0 fully saturated rings. The van der Waals surface area contributed by atoms with Gasteiger partial charge in [0, 0.05) is 41.3 Å². The Balaban J connectivity index is 2.37. The molecule has 0 aromatic carbocycles. The van der Waals surface area contributed by atoms with Crippen molar-refractivity contribution >= 4 is 11.6 Å². The molecular formula is C15H18N2O2. The molecule has 0 aliphatic heterocycles. The Morgan fingerprint density at radius 1 is 1.00 bits per heavy atom. The average Bonchev–Trinajstić information content (AvgIpc) is 2.84. The van der Waals surface area contributed by atoms with Crippen LogP contribution >= 0.6 is 0 Å². The van der Waals surface area contributed by atoms with Crippen LogP contribution in [0.1, 0.15) is 57.1 Å². The minimum absolute atomic E-state index is 0.0504. The van der Waals surface area contributed by atoms with Crippen molar-refractivity contribution < 1.29 is 9.59 Å². The molecule has 0 atom stereocenters. The van der Waals surface area contributed by atoms with Gasteiger partial charge in [0.25, 0.3) is 0 Å². The largest absolute Gasteiger partial charge is 0.364 e. The zero-order valence-corrected chi connectivity index (χ0v) is 11.7. The van der Waals surface area contributed by atoms with E-state index in [1.165, 1.54) is 0 Å². The first-order valence-electron chi connectivity index (χ1n) is 6.27. The number of carbonyl (C=O) groups is 2. The van der Waals surface area contributed by atoms with Crippen molar-refractivity contribution in [3.05, 3.63) is 46.0 Å². The fourth-order valence-electron chi connectivity index (χ4n) is 2.47. The molecule has 4 nitrogen and oxygen atoms in total. The Morgan fingerprint density at radius 3 is 2.16 bits per heavy atom. The van der Waals surface area contributed by atoms with Gasteiger partial charge >= 0.3 is 0 Å². The third-order valence-corrected chi connectivity index (χ3v) is 3.49. The smallest absolute Gasteiger partial charge is 0.161 e. The van der Waals surface area contributed by atoms with Gasteiger partial charge in [-0.25, -0.2) is 0 Å². The van der Waals surface area contributed by atoms with Crippen molar-refractivity contribution in [1.29, 1.82) is 0 Å². The van der Waals surface area contributed by atoms with Crippen molar-refractivity contribution in [3.8, 4) is 0 Å². The lowest BCUT2D eigenvalue weighted by Crippen LogP contribution is -2.01. The first-order chi connectivity index (χ1) is 8.91. The third-order valence-electron chi connectivity index (χ3n) is 3.49. The SMILES string of the molecule is CC(=O)c1c[nH]c(Cc2[nH]cc(C)c2C(C)=O)c1C. The topological polar surface area (TPSA) is 65.7 Å². The van der Waals surface area contributed by atoms with Gasteiger partial charge in [0.1, 0.15) is 0 Å². The van der Waals surface area contributed by atoms with Crippen LogP contribution in [0, 0.1) is 13.8 Å². The number of Topliss-reactive ketones (excluding diaryl/α,β-unsaturated/α-hetero) is 2. The second kappa shape index (κ2) is 4.88. The van der Waals surface area contributed by atoms with Crippen LogP contribution in [0.2, 0.25) is 0 Å². The monoisotopic (exact) mass is 258 g/mol. The van der Waals surface area contributed by atoms with E-state index in [-0.39, 0.29) is 11.6 Å². The first kappa shape index (κ1) is 13.3. The van der Waals surface area contributed by atoms with Crippen LogP contribution in [0.15, 0.2) is 12.4 Å². The van der Waals surface area contributed by atoms with Crippen LogP contribution in [-0.2, 0) is 6.42 Å². The first-order valence-corrected chi connectivity index (χ1v) is 6.27. The quantitative estimate of drug-likeness (QED) is 0.828. The van der Waals surface area contributed by atoms with Crippen molar-refractivity contribution in [1.82, 2.24) is 9.97 Å². The van der Waals surface area contributed by atoms with Gasteiger partial charge in [0.05, 0.1) is 0 Å². The van der Waals surface area contributed by atoms with E-state index < -0.39 is 0 Å². The van der Waals surface area contributed by atoms with Gasteiger partial charge in [-0.05, 0) is 38.8 Å². The lowest BCUT2D eigenvalue weighted by atomic mass is 10.0. The molecule has 2 rings (SSSR count). The molecule has 100 valence electrons. The number of nitrogens with one attached hydrogen (secondary N) is 2. The standard InChI is InChI=1S/C15H18N2O2/c1-8-6-16-14(15(8)11(4)19)5-13-9(2)12(7-17-13)10(3)18/h6-7,16-17H,5H2,1-4H3. The van der Waals surface area contributed by atoms with Crippen LogP contribution in [0.5, 0.6) is 0 Å². The molecule has 0 radical (unpaired) electrons. The predicted octanol–water partition coefficient (Wildman–Crippen LogP) is 2.96. The highest BCUT2D eigenvalue weighted by molar-refractivity contribution is 5.97. The number of hydrogen-bond acceptors (Lipinski definition) is 2. The normalized spacial score (nSPS) is 10.7. The molecule has 0 aliphatic carbocycles. The van der Waals surface area contributed by atoms with Gasteiger partial charge in [0.2, 0.25) is 0 Å². The number of H-pyrrole nitrogens is 2. The molecule has 0 unspecified atom stereocenters. The highest BCUT2D eigenvalue weighted by Gasteiger charge is 2.16. The van der Waals surface area contributed by atoms with Crippen molar-refractivity contribution in [2.45, 2.75) is 34.1 Å². The van der Waals surface area contributed by atoms with Crippen molar-refractivity contribution in [3.63, 3.8) is 0 Å². The Hall–Kier alpha value is -2.10. The zero-order chi connectivity index (χ0) is 14.2. The van der Waals surface area contributed by atoms with Gasteiger partial charge in [0.15, 0.2) is 11.6 Å². The van der Waals surface area contributed by atoms with E-state index in [9.17, 15) is 9.59 Å². The van der Waals surface area contributed by atoms with Gasteiger partial charge in [-0.1, -0.05) is 0 Å². The minimum Gasteiger partial charge on any atom is -0.364 e. The summed E-state index contributed by atoms with van der Waals surface area (Å²) in [5, 5.41) is 0. The second-order valence-corrected chi connectivity index (χ2v) is 4.92. The fourth-order valence-corrected chi connectivity index (χ4v) is 2.47. The minimum atomic E-state index is 0.0504. The number of aryl methyl sites for hydroxylation is 1. The summed E-state index contributed by atoms with van der Waals surface area (Å²) in [6.07, 6.45) is 4.17. The molecular weight excluding hydrogens is 240 g/mol. The third kappa shape index (κ3) is 2.38. The number of ketones is 2. The highest BCUT2D eigenvalue weighted by atomic mass is 16.1. The molecule has 0 aliphatic rings. The summed E-state index contributed by atoms with van der Waals surface area (Å²) in [6, 6.07) is 0. The molecule has 19 heavy (non-hydrogen) atoms. The molecule has 2 N–H and O–H groups in total. The van der Waals surface area contributed by atoms with E-state index in [0.29, 0.717) is 12.0 Å². The summed E-state index contributed by atoms with van der Waals surface area (Å²) in [4.78, 5) is 29.4. The number of aromatic amines is 2. The lowest BCUT2D eigenvalue weighted by molar-refractivity contribution is 0.100. The Morgan fingerprint density at radius 2 is 1.63 bits per heavy atom. The van der Waals surface area contributed by atoms with E-state index in [0.717, 1.165) is 28.1 Å². The molecule has 0 amide bonds. The van der Waals surface area contributed by atoms with Gasteiger partial charge in [-0.15, -0.1) is 0 Å². The Kier molecular flexibility index (Phi) is 3.42.